The fraction of sp³-hybridized carbons (Fsp3) is 0.211. The average molecular weight is 390 g/mol. The molecule has 0 spiro atoms. The second-order valence-corrected chi connectivity index (χ2v) is 5.12. The Morgan fingerprint density at radius 2 is 1.19 bits per heavy atom. The Labute approximate surface area is 165 Å². The standard InChI is InChI=1S/C19H23N5O2.ClH/c1-3-25-17-9-5-15(6-10-17)13-21-23-19(20)24-22-14-16-7-11-18(12-8-16)26-4-2;/h5-14H,3-4H2,1-2H3,(H3,20,23,24);1H/b21-13+,22-14+;. The summed E-state index contributed by atoms with van der Waals surface area (Å²) in [5, 5.41) is 15.7. The molecule has 0 aromatic heterocycles. The Morgan fingerprint density at radius 3 is 1.52 bits per heavy atom. The van der Waals surface area contributed by atoms with Gasteiger partial charge in [0, 0.05) is 0 Å². The molecule has 144 valence electrons. The van der Waals surface area contributed by atoms with Gasteiger partial charge in [0.15, 0.2) is 0 Å². The lowest BCUT2D eigenvalue weighted by Crippen LogP contribution is -2.29. The van der Waals surface area contributed by atoms with E-state index in [0.717, 1.165) is 22.6 Å². The lowest BCUT2D eigenvalue weighted by molar-refractivity contribution is 0.340. The first-order valence-corrected chi connectivity index (χ1v) is 8.33. The molecule has 0 bridgehead atoms. The highest BCUT2D eigenvalue weighted by Crippen LogP contribution is 2.11. The van der Waals surface area contributed by atoms with Crippen LogP contribution in [0.25, 0.3) is 0 Å². The molecule has 0 aliphatic carbocycles. The Hall–Kier alpha value is -3.06. The fourth-order valence-corrected chi connectivity index (χ4v) is 2.00. The van der Waals surface area contributed by atoms with Gasteiger partial charge in [0.25, 0.3) is 0 Å². The molecule has 0 aliphatic heterocycles. The van der Waals surface area contributed by atoms with E-state index >= 15 is 0 Å². The second kappa shape index (κ2) is 12.3. The van der Waals surface area contributed by atoms with Gasteiger partial charge in [-0.05, 0) is 73.5 Å². The van der Waals surface area contributed by atoms with Crippen LogP contribution in [0.5, 0.6) is 11.5 Å². The molecule has 0 amide bonds. The van der Waals surface area contributed by atoms with E-state index in [1.807, 2.05) is 62.4 Å². The SMILES string of the molecule is CCOc1ccc(/C=N/NC(=N)N/N=C/c2ccc(OCC)cc2)cc1.Cl. The second-order valence-electron chi connectivity index (χ2n) is 5.12. The van der Waals surface area contributed by atoms with Crippen LogP contribution in [-0.4, -0.2) is 31.6 Å². The van der Waals surface area contributed by atoms with Crippen molar-refractivity contribution in [2.45, 2.75) is 13.8 Å². The number of nitrogens with one attached hydrogen (secondary N) is 3. The van der Waals surface area contributed by atoms with Crippen molar-refractivity contribution in [3.8, 4) is 11.5 Å². The molecule has 7 nitrogen and oxygen atoms in total. The Kier molecular flexibility index (Phi) is 10.0. The molecule has 0 fully saturated rings. The normalized spacial score (nSPS) is 10.4. The zero-order valence-electron chi connectivity index (χ0n) is 15.3. The molecule has 0 atom stereocenters. The molecule has 3 N–H and O–H groups in total. The van der Waals surface area contributed by atoms with Crippen LogP contribution in [0.1, 0.15) is 25.0 Å². The number of hydrogen-bond donors (Lipinski definition) is 3. The topological polar surface area (TPSA) is 91.1 Å². The maximum atomic E-state index is 7.71. The molecule has 2 aromatic carbocycles. The van der Waals surface area contributed by atoms with Crippen molar-refractivity contribution in [3.05, 3.63) is 59.7 Å². The molecule has 0 unspecified atom stereocenters. The molecular formula is C19H24ClN5O2. The minimum absolute atomic E-state index is 0. The van der Waals surface area contributed by atoms with Gasteiger partial charge in [0.2, 0.25) is 5.96 Å². The molecule has 0 aliphatic rings. The van der Waals surface area contributed by atoms with E-state index in [4.69, 9.17) is 14.9 Å². The van der Waals surface area contributed by atoms with Gasteiger partial charge < -0.3 is 9.47 Å². The quantitative estimate of drug-likeness (QED) is 0.366. The van der Waals surface area contributed by atoms with Crippen LogP contribution in [0, 0.1) is 5.41 Å². The third kappa shape index (κ3) is 8.24. The summed E-state index contributed by atoms with van der Waals surface area (Å²) in [6.45, 7) is 5.15. The summed E-state index contributed by atoms with van der Waals surface area (Å²) in [5.74, 6) is 1.60. The van der Waals surface area contributed by atoms with Gasteiger partial charge in [0.05, 0.1) is 25.6 Å². The van der Waals surface area contributed by atoms with Gasteiger partial charge in [-0.15, -0.1) is 12.4 Å². The van der Waals surface area contributed by atoms with Crippen molar-refractivity contribution in [2.24, 2.45) is 10.2 Å². The number of ether oxygens (including phenoxy) is 2. The van der Waals surface area contributed by atoms with E-state index in [1.54, 1.807) is 12.4 Å². The van der Waals surface area contributed by atoms with Crippen LogP contribution in [0.4, 0.5) is 0 Å². The summed E-state index contributed by atoms with van der Waals surface area (Å²) in [6, 6.07) is 15.0. The molecular weight excluding hydrogens is 366 g/mol. The van der Waals surface area contributed by atoms with Gasteiger partial charge in [-0.1, -0.05) is 0 Å². The zero-order chi connectivity index (χ0) is 18.6. The predicted octanol–water partition coefficient (Wildman–Crippen LogP) is 3.39. The van der Waals surface area contributed by atoms with Crippen molar-refractivity contribution < 1.29 is 9.47 Å². The van der Waals surface area contributed by atoms with E-state index in [1.165, 1.54) is 0 Å². The van der Waals surface area contributed by atoms with Gasteiger partial charge >= 0.3 is 0 Å². The van der Waals surface area contributed by atoms with E-state index in [-0.39, 0.29) is 18.4 Å². The van der Waals surface area contributed by atoms with Crippen molar-refractivity contribution in [2.75, 3.05) is 13.2 Å². The number of hydrogen-bond acceptors (Lipinski definition) is 5. The lowest BCUT2D eigenvalue weighted by Gasteiger charge is -2.03. The Balaban J connectivity index is 0.00000364. The average Bonchev–Trinajstić information content (AvgIpc) is 2.65. The van der Waals surface area contributed by atoms with Gasteiger partial charge in [0.1, 0.15) is 11.5 Å². The predicted molar refractivity (Wildman–Crippen MR) is 112 cm³/mol. The van der Waals surface area contributed by atoms with E-state index < -0.39 is 0 Å². The maximum Gasteiger partial charge on any atom is 0.230 e. The minimum Gasteiger partial charge on any atom is -0.494 e. The first-order chi connectivity index (χ1) is 12.7. The number of rotatable bonds is 8. The summed E-state index contributed by atoms with van der Waals surface area (Å²) in [5.41, 5.74) is 6.91. The summed E-state index contributed by atoms with van der Waals surface area (Å²) < 4.78 is 10.8. The molecule has 8 heteroatoms. The monoisotopic (exact) mass is 389 g/mol. The smallest absolute Gasteiger partial charge is 0.230 e. The van der Waals surface area contributed by atoms with Crippen molar-refractivity contribution in [1.29, 1.82) is 5.41 Å². The van der Waals surface area contributed by atoms with Crippen molar-refractivity contribution >= 4 is 30.8 Å². The van der Waals surface area contributed by atoms with Crippen LogP contribution in [0.3, 0.4) is 0 Å². The first-order valence-electron chi connectivity index (χ1n) is 8.33. The summed E-state index contributed by atoms with van der Waals surface area (Å²) in [7, 11) is 0. The summed E-state index contributed by atoms with van der Waals surface area (Å²) in [6.07, 6.45) is 3.23. The van der Waals surface area contributed by atoms with E-state index in [2.05, 4.69) is 21.1 Å². The number of nitrogens with zero attached hydrogens (tertiary/aromatic N) is 2. The molecule has 2 aromatic rings. The molecule has 0 heterocycles. The zero-order valence-corrected chi connectivity index (χ0v) is 16.1. The largest absolute Gasteiger partial charge is 0.494 e. The maximum absolute atomic E-state index is 7.71. The van der Waals surface area contributed by atoms with Crippen LogP contribution in [0.2, 0.25) is 0 Å². The first kappa shape index (κ1) is 22.0. The molecule has 2 rings (SSSR count). The Bertz CT molecular complexity index is 682. The third-order valence-corrected chi connectivity index (χ3v) is 3.16. The molecule has 0 saturated heterocycles. The number of halogens is 1. The summed E-state index contributed by atoms with van der Waals surface area (Å²) in [4.78, 5) is 0. The van der Waals surface area contributed by atoms with Crippen LogP contribution in [0.15, 0.2) is 58.7 Å². The van der Waals surface area contributed by atoms with Gasteiger partial charge in [-0.25, -0.2) is 10.9 Å². The minimum atomic E-state index is -0.0330. The highest BCUT2D eigenvalue weighted by molar-refractivity contribution is 5.85. The fourth-order valence-electron chi connectivity index (χ4n) is 2.00. The van der Waals surface area contributed by atoms with Crippen molar-refractivity contribution in [3.63, 3.8) is 0 Å². The molecule has 0 radical (unpaired) electrons. The van der Waals surface area contributed by atoms with E-state index in [0.29, 0.717) is 13.2 Å². The van der Waals surface area contributed by atoms with Crippen LogP contribution >= 0.6 is 12.4 Å². The highest BCUT2D eigenvalue weighted by Gasteiger charge is 1.94. The van der Waals surface area contributed by atoms with E-state index in [9.17, 15) is 0 Å². The Morgan fingerprint density at radius 1 is 0.815 bits per heavy atom. The highest BCUT2D eigenvalue weighted by atomic mass is 35.5. The number of benzene rings is 2. The van der Waals surface area contributed by atoms with Crippen LogP contribution < -0.4 is 20.3 Å². The van der Waals surface area contributed by atoms with Gasteiger partial charge in [-0.3, -0.25) is 5.41 Å². The lowest BCUT2D eigenvalue weighted by atomic mass is 10.2. The third-order valence-electron chi connectivity index (χ3n) is 3.16. The number of hydrazone groups is 2. The molecule has 27 heavy (non-hydrogen) atoms. The van der Waals surface area contributed by atoms with Crippen molar-refractivity contribution in [1.82, 2.24) is 10.9 Å². The molecule has 0 saturated carbocycles. The number of guanidine groups is 1. The summed E-state index contributed by atoms with van der Waals surface area (Å²) >= 11 is 0. The van der Waals surface area contributed by atoms with Crippen LogP contribution in [-0.2, 0) is 0 Å². The van der Waals surface area contributed by atoms with Gasteiger partial charge in [-0.2, -0.15) is 10.2 Å².